The van der Waals surface area contributed by atoms with Gasteiger partial charge in [-0.15, -0.1) is 0 Å². The highest BCUT2D eigenvalue weighted by Crippen LogP contribution is 2.57. The quantitative estimate of drug-likeness (QED) is 0.654. The van der Waals surface area contributed by atoms with Crippen molar-refractivity contribution < 1.29 is 10.2 Å². The summed E-state index contributed by atoms with van der Waals surface area (Å²) < 4.78 is 0. The lowest BCUT2D eigenvalue weighted by Gasteiger charge is -2.47. The maximum Gasteiger partial charge on any atom is 0.115 e. The Balaban J connectivity index is 1.85. The first-order valence-electron chi connectivity index (χ1n) is 8.86. The Morgan fingerprint density at radius 1 is 0.875 bits per heavy atom. The molecule has 4 atom stereocenters. The van der Waals surface area contributed by atoms with Crippen LogP contribution in [0.4, 0.5) is 0 Å². The van der Waals surface area contributed by atoms with E-state index >= 15 is 0 Å². The molecule has 2 nitrogen and oxygen atoms in total. The van der Waals surface area contributed by atoms with Crippen LogP contribution < -0.4 is 0 Å². The highest BCUT2D eigenvalue weighted by Gasteiger charge is 2.43. The molecule has 0 radical (unpaired) electrons. The van der Waals surface area contributed by atoms with Gasteiger partial charge in [0, 0.05) is 11.2 Å². The Morgan fingerprint density at radius 3 is 2.33 bits per heavy atom. The van der Waals surface area contributed by atoms with Gasteiger partial charge in [0.05, 0.1) is 0 Å². The molecule has 2 N–H and O–H groups in total. The van der Waals surface area contributed by atoms with E-state index in [4.69, 9.17) is 0 Å². The van der Waals surface area contributed by atoms with Gasteiger partial charge in [0.15, 0.2) is 0 Å². The third-order valence-corrected chi connectivity index (χ3v) is 6.73. The maximum absolute atomic E-state index is 10.0. The zero-order chi connectivity index (χ0) is 16.7. The lowest BCUT2D eigenvalue weighted by molar-refractivity contribution is 0.224. The fourth-order valence-electron chi connectivity index (χ4n) is 5.04. The summed E-state index contributed by atoms with van der Waals surface area (Å²) in [6.07, 6.45) is 5.02. The van der Waals surface area contributed by atoms with Crippen LogP contribution in [0, 0.1) is 5.92 Å². The van der Waals surface area contributed by atoms with E-state index in [0.29, 0.717) is 35.2 Å². The third-order valence-electron chi connectivity index (χ3n) is 6.03. The maximum atomic E-state index is 10.0. The van der Waals surface area contributed by atoms with Crippen LogP contribution in [0.2, 0.25) is 0 Å². The second kappa shape index (κ2) is 6.44. The van der Waals surface area contributed by atoms with Crippen molar-refractivity contribution in [2.45, 2.75) is 43.4 Å². The molecule has 4 unspecified atom stereocenters. The first-order chi connectivity index (χ1) is 11.7. The van der Waals surface area contributed by atoms with Gasteiger partial charge in [0.25, 0.3) is 0 Å². The molecule has 0 bridgehead atoms. The molecule has 0 aliphatic heterocycles. The molecule has 0 saturated heterocycles. The average Bonchev–Trinajstić information content (AvgIpc) is 2.61. The van der Waals surface area contributed by atoms with Gasteiger partial charge < -0.3 is 10.2 Å². The van der Waals surface area contributed by atoms with Crippen LogP contribution >= 0.6 is 15.9 Å². The number of fused-ring (bicyclic) bond motifs is 3. The van der Waals surface area contributed by atoms with Gasteiger partial charge in [0.2, 0.25) is 0 Å². The second-order valence-corrected chi connectivity index (χ2v) is 7.89. The summed E-state index contributed by atoms with van der Waals surface area (Å²) in [4.78, 5) is 0. The van der Waals surface area contributed by atoms with Crippen LogP contribution in [-0.4, -0.2) is 15.5 Å². The summed E-state index contributed by atoms with van der Waals surface area (Å²) in [5.74, 6) is 2.73. The van der Waals surface area contributed by atoms with Gasteiger partial charge in [-0.05, 0) is 71.6 Å². The summed E-state index contributed by atoms with van der Waals surface area (Å²) in [6.45, 7) is 0. The normalized spacial score (nSPS) is 28.9. The number of aromatic hydroxyl groups is 2. The standard InChI is InChI=1S/C21H23BrO2/c22-12-20-17-10-9-15(24)11-19(17)16-3-1-2-4-18(16)21(20)13-5-7-14(23)8-6-13/h5-11,16,18,20-21,23-24H,1-4,12H2. The van der Waals surface area contributed by atoms with Gasteiger partial charge in [-0.1, -0.05) is 47.0 Å². The predicted octanol–water partition coefficient (Wildman–Crippen LogP) is 5.65. The number of hydrogen-bond donors (Lipinski definition) is 2. The number of benzene rings is 2. The van der Waals surface area contributed by atoms with E-state index < -0.39 is 0 Å². The van der Waals surface area contributed by atoms with Crippen molar-refractivity contribution in [1.82, 2.24) is 0 Å². The van der Waals surface area contributed by atoms with E-state index in [0.717, 1.165) is 5.33 Å². The van der Waals surface area contributed by atoms with E-state index in [2.05, 4.69) is 34.1 Å². The number of alkyl halides is 1. The van der Waals surface area contributed by atoms with E-state index in [1.165, 1.54) is 42.4 Å². The Hall–Kier alpha value is -1.48. The fourth-order valence-corrected chi connectivity index (χ4v) is 5.79. The van der Waals surface area contributed by atoms with Crippen molar-refractivity contribution in [2.75, 3.05) is 5.33 Å². The third kappa shape index (κ3) is 2.63. The van der Waals surface area contributed by atoms with Gasteiger partial charge in [-0.3, -0.25) is 0 Å². The molecule has 2 aromatic rings. The molecular formula is C21H23BrO2. The minimum Gasteiger partial charge on any atom is -0.508 e. The Bertz CT molecular complexity index is 725. The van der Waals surface area contributed by atoms with Crippen LogP contribution in [0.1, 0.15) is 60.1 Å². The Morgan fingerprint density at radius 2 is 1.58 bits per heavy atom. The van der Waals surface area contributed by atoms with E-state index in [1.54, 1.807) is 0 Å². The fraction of sp³-hybridized carbons (Fsp3) is 0.429. The average molecular weight is 387 g/mol. The second-order valence-electron chi connectivity index (χ2n) is 7.25. The van der Waals surface area contributed by atoms with Crippen LogP contribution in [0.15, 0.2) is 42.5 Å². The highest BCUT2D eigenvalue weighted by molar-refractivity contribution is 9.09. The first kappa shape index (κ1) is 16.0. The summed E-state index contributed by atoms with van der Waals surface area (Å²) in [7, 11) is 0. The van der Waals surface area contributed by atoms with E-state index in [9.17, 15) is 10.2 Å². The monoisotopic (exact) mass is 386 g/mol. The molecule has 0 heterocycles. The number of halogens is 1. The van der Waals surface area contributed by atoms with Gasteiger partial charge >= 0.3 is 0 Å². The minimum atomic E-state index is 0.329. The molecule has 2 aromatic carbocycles. The van der Waals surface area contributed by atoms with Crippen LogP contribution in [0.25, 0.3) is 0 Å². The number of hydrogen-bond acceptors (Lipinski definition) is 2. The van der Waals surface area contributed by atoms with Crippen LogP contribution in [-0.2, 0) is 0 Å². The number of rotatable bonds is 2. The smallest absolute Gasteiger partial charge is 0.115 e. The van der Waals surface area contributed by atoms with Crippen molar-refractivity contribution >= 4 is 15.9 Å². The number of phenols is 2. The Labute approximate surface area is 151 Å². The first-order valence-corrected chi connectivity index (χ1v) is 9.99. The molecule has 2 aliphatic rings. The van der Waals surface area contributed by atoms with Crippen molar-refractivity contribution in [3.63, 3.8) is 0 Å². The molecular weight excluding hydrogens is 364 g/mol. The molecule has 1 fully saturated rings. The molecule has 2 aliphatic carbocycles. The highest BCUT2D eigenvalue weighted by atomic mass is 79.9. The van der Waals surface area contributed by atoms with Crippen LogP contribution in [0.5, 0.6) is 11.5 Å². The van der Waals surface area contributed by atoms with Crippen LogP contribution in [0.3, 0.4) is 0 Å². The van der Waals surface area contributed by atoms with Crippen molar-refractivity contribution in [3.05, 3.63) is 59.2 Å². The van der Waals surface area contributed by atoms with Gasteiger partial charge in [-0.2, -0.15) is 0 Å². The summed E-state index contributed by atoms with van der Waals surface area (Å²) >= 11 is 3.76. The zero-order valence-corrected chi connectivity index (χ0v) is 15.2. The van der Waals surface area contributed by atoms with Gasteiger partial charge in [-0.25, -0.2) is 0 Å². The topological polar surface area (TPSA) is 40.5 Å². The molecule has 24 heavy (non-hydrogen) atoms. The molecule has 0 amide bonds. The van der Waals surface area contributed by atoms with Crippen molar-refractivity contribution in [2.24, 2.45) is 5.92 Å². The zero-order valence-electron chi connectivity index (χ0n) is 13.7. The lowest BCUT2D eigenvalue weighted by atomic mass is 9.58. The van der Waals surface area contributed by atoms with Crippen molar-refractivity contribution in [1.29, 1.82) is 0 Å². The Kier molecular flexibility index (Phi) is 4.29. The molecule has 1 saturated carbocycles. The largest absolute Gasteiger partial charge is 0.508 e. The predicted molar refractivity (Wildman–Crippen MR) is 100 cm³/mol. The number of phenolic OH excluding ortho intramolecular Hbond substituents is 2. The summed E-state index contributed by atoms with van der Waals surface area (Å²) in [6, 6.07) is 13.7. The van der Waals surface area contributed by atoms with Crippen molar-refractivity contribution in [3.8, 4) is 11.5 Å². The summed E-state index contributed by atoms with van der Waals surface area (Å²) in [5, 5.41) is 20.6. The molecule has 0 spiro atoms. The molecule has 126 valence electrons. The van der Waals surface area contributed by atoms with E-state index in [1.807, 2.05) is 24.3 Å². The summed E-state index contributed by atoms with van der Waals surface area (Å²) in [5.41, 5.74) is 4.07. The molecule has 3 heteroatoms. The lowest BCUT2D eigenvalue weighted by Crippen LogP contribution is -2.34. The minimum absolute atomic E-state index is 0.329. The molecule has 0 aromatic heterocycles. The van der Waals surface area contributed by atoms with E-state index in [-0.39, 0.29) is 0 Å². The van der Waals surface area contributed by atoms with Gasteiger partial charge in [0.1, 0.15) is 11.5 Å². The SMILES string of the molecule is Oc1ccc(C2C(CBr)c3ccc(O)cc3C3CCCCC32)cc1. The molecule has 4 rings (SSSR count).